The summed E-state index contributed by atoms with van der Waals surface area (Å²) in [7, 11) is 0. The Labute approximate surface area is 432 Å². The van der Waals surface area contributed by atoms with Crippen LogP contribution in [0.4, 0.5) is 0 Å². The van der Waals surface area contributed by atoms with Gasteiger partial charge in [-0.2, -0.15) is 0 Å². The van der Waals surface area contributed by atoms with Gasteiger partial charge in [-0.15, -0.1) is 0 Å². The van der Waals surface area contributed by atoms with Crippen molar-refractivity contribution in [2.24, 2.45) is 0 Å². The van der Waals surface area contributed by atoms with E-state index in [2.05, 4.69) is 273 Å². The minimum absolute atomic E-state index is 0.0709. The maximum Gasteiger partial charge on any atom is 0.0159 e. The smallest absolute Gasteiger partial charge is 0.0159 e. The van der Waals surface area contributed by atoms with Crippen LogP contribution in [0.3, 0.4) is 0 Å². The van der Waals surface area contributed by atoms with Crippen molar-refractivity contribution in [3.63, 3.8) is 0 Å². The largest absolute Gasteiger partial charge is 0.0683 e. The SMILES string of the molecule is CC.CCCc1c(-c2ccc(-c3ccc(C)cc3)cc2)cccc1-c1ccccc1C.CCCc1ccc(-c2ccccc2)c2ccccc12.Cc1ccc2c(c1)C(C)(C)c1cc(-c3ccccc3)ccc1-2. The van der Waals surface area contributed by atoms with Crippen LogP contribution in [0.1, 0.15) is 93.3 Å². The molecule has 0 spiro atoms. The van der Waals surface area contributed by atoms with E-state index < -0.39 is 0 Å². The minimum atomic E-state index is 0.0709. The van der Waals surface area contributed by atoms with Crippen LogP contribution in [0.25, 0.3) is 77.5 Å². The highest BCUT2D eigenvalue weighted by Gasteiger charge is 2.35. The molecule has 11 rings (SSSR count). The zero-order chi connectivity index (χ0) is 50.6. The second kappa shape index (κ2) is 23.6. The molecule has 0 bridgehead atoms. The molecule has 1 aliphatic rings. The van der Waals surface area contributed by atoms with Crippen molar-refractivity contribution >= 4 is 10.8 Å². The minimum Gasteiger partial charge on any atom is -0.0683 e. The Morgan fingerprint density at radius 2 is 0.778 bits per heavy atom. The van der Waals surface area contributed by atoms with E-state index in [0.29, 0.717) is 0 Å². The normalized spacial score (nSPS) is 11.7. The molecule has 0 heteroatoms. The average Bonchev–Trinajstić information content (AvgIpc) is 3.65. The summed E-state index contributed by atoms with van der Waals surface area (Å²) in [6, 6.07) is 81.5. The number of rotatable bonds is 9. The second-order valence-electron chi connectivity index (χ2n) is 19.6. The van der Waals surface area contributed by atoms with Crippen LogP contribution in [0.5, 0.6) is 0 Å². The molecule has 10 aromatic carbocycles. The lowest BCUT2D eigenvalue weighted by atomic mass is 9.81. The van der Waals surface area contributed by atoms with Gasteiger partial charge in [-0.25, -0.2) is 0 Å². The van der Waals surface area contributed by atoms with Crippen LogP contribution in [0.2, 0.25) is 0 Å². The predicted molar refractivity (Wildman–Crippen MR) is 315 cm³/mol. The fourth-order valence-corrected chi connectivity index (χ4v) is 10.5. The van der Waals surface area contributed by atoms with E-state index in [0.717, 1.165) is 19.3 Å². The van der Waals surface area contributed by atoms with E-state index in [-0.39, 0.29) is 5.41 Å². The third-order valence-corrected chi connectivity index (χ3v) is 14.2. The topological polar surface area (TPSA) is 0 Å². The number of hydrogen-bond acceptors (Lipinski definition) is 0. The van der Waals surface area contributed by atoms with Crippen molar-refractivity contribution in [1.82, 2.24) is 0 Å². The number of benzene rings is 10. The summed E-state index contributed by atoms with van der Waals surface area (Å²) in [4.78, 5) is 0. The van der Waals surface area contributed by atoms with Crippen LogP contribution in [-0.2, 0) is 18.3 Å². The molecule has 360 valence electrons. The van der Waals surface area contributed by atoms with E-state index in [4.69, 9.17) is 0 Å². The van der Waals surface area contributed by atoms with Crippen molar-refractivity contribution in [2.45, 2.75) is 93.4 Å². The second-order valence-corrected chi connectivity index (χ2v) is 19.6. The Bertz CT molecular complexity index is 3350. The van der Waals surface area contributed by atoms with Gasteiger partial charge in [-0.3, -0.25) is 0 Å². The summed E-state index contributed by atoms with van der Waals surface area (Å²) in [6.07, 6.45) is 4.56. The molecule has 1 aliphatic carbocycles. The summed E-state index contributed by atoms with van der Waals surface area (Å²) < 4.78 is 0. The maximum absolute atomic E-state index is 2.38. The van der Waals surface area contributed by atoms with Gasteiger partial charge in [0.25, 0.3) is 0 Å². The van der Waals surface area contributed by atoms with E-state index in [1.165, 1.54) is 123 Å². The van der Waals surface area contributed by atoms with E-state index >= 15 is 0 Å². The lowest BCUT2D eigenvalue weighted by Gasteiger charge is -2.22. The lowest BCUT2D eigenvalue weighted by molar-refractivity contribution is 0.660. The molecule has 0 heterocycles. The maximum atomic E-state index is 2.38. The average molecular weight is 937 g/mol. The summed E-state index contributed by atoms with van der Waals surface area (Å²) in [5.74, 6) is 0. The number of aryl methyl sites for hydroxylation is 4. The first-order valence-electron chi connectivity index (χ1n) is 26.4. The fraction of sp³-hybridized carbons (Fsp3) is 0.194. The molecule has 0 atom stereocenters. The molecule has 10 aromatic rings. The zero-order valence-corrected chi connectivity index (χ0v) is 44.2. The molecule has 0 unspecified atom stereocenters. The van der Waals surface area contributed by atoms with Crippen LogP contribution >= 0.6 is 0 Å². The standard InChI is InChI=1S/C29H28.C22H20.C19H18.C2H6/c1-4-8-28-27(11-7-12-29(28)26-10-6-5-9-22(26)3)25-19-17-24(18-20-25)23-15-13-21(2)14-16-23;1-15-9-11-18-19-12-10-17(16-7-5-4-6-8-16)14-21(19)22(2,3)20(18)13-15;1-2-8-15-13-14-18(16-9-4-3-5-10-16)19-12-7-6-11-17(15)19;1-2/h5-7,9-20H,4,8H2,1-3H3;4-14H,1-3H3;3-7,9-14H,2,8H2,1H3;1-2H3. The van der Waals surface area contributed by atoms with Gasteiger partial charge in [0, 0.05) is 5.41 Å². The molecule has 0 fully saturated rings. The van der Waals surface area contributed by atoms with Crippen molar-refractivity contribution in [3.05, 3.63) is 263 Å². The highest BCUT2D eigenvalue weighted by Crippen LogP contribution is 2.50. The summed E-state index contributed by atoms with van der Waals surface area (Å²) >= 11 is 0. The van der Waals surface area contributed by atoms with Gasteiger partial charge in [0.15, 0.2) is 0 Å². The van der Waals surface area contributed by atoms with Gasteiger partial charge in [-0.1, -0.05) is 284 Å². The van der Waals surface area contributed by atoms with Crippen LogP contribution < -0.4 is 0 Å². The van der Waals surface area contributed by atoms with E-state index in [1.54, 1.807) is 0 Å². The third kappa shape index (κ3) is 11.2. The molecule has 0 saturated heterocycles. The molecule has 0 radical (unpaired) electrons. The van der Waals surface area contributed by atoms with Crippen molar-refractivity contribution in [1.29, 1.82) is 0 Å². The van der Waals surface area contributed by atoms with Gasteiger partial charge < -0.3 is 0 Å². The lowest BCUT2D eigenvalue weighted by Crippen LogP contribution is -2.15. The summed E-state index contributed by atoms with van der Waals surface area (Å²) in [5.41, 5.74) is 25.7. The molecule has 0 aromatic heterocycles. The van der Waals surface area contributed by atoms with Crippen molar-refractivity contribution in [3.8, 4) is 66.8 Å². The van der Waals surface area contributed by atoms with E-state index in [1.807, 2.05) is 13.8 Å². The Hall–Kier alpha value is -7.54. The highest BCUT2D eigenvalue weighted by atomic mass is 14.4. The van der Waals surface area contributed by atoms with Crippen LogP contribution in [0, 0.1) is 20.8 Å². The molecule has 0 aliphatic heterocycles. The molecular formula is C72H72. The molecule has 72 heavy (non-hydrogen) atoms. The molecule has 0 N–H and O–H groups in total. The quantitative estimate of drug-likeness (QED) is 0.135. The Kier molecular flexibility index (Phi) is 16.7. The van der Waals surface area contributed by atoms with Gasteiger partial charge in [0.05, 0.1) is 0 Å². The first-order chi connectivity index (χ1) is 35.1. The van der Waals surface area contributed by atoms with Crippen molar-refractivity contribution in [2.75, 3.05) is 0 Å². The molecule has 0 nitrogen and oxygen atoms in total. The van der Waals surface area contributed by atoms with Gasteiger partial charge >= 0.3 is 0 Å². The van der Waals surface area contributed by atoms with E-state index in [9.17, 15) is 0 Å². The van der Waals surface area contributed by atoms with Gasteiger partial charge in [0.2, 0.25) is 0 Å². The molecule has 0 amide bonds. The van der Waals surface area contributed by atoms with Crippen molar-refractivity contribution < 1.29 is 0 Å². The number of hydrogen-bond donors (Lipinski definition) is 0. The van der Waals surface area contributed by atoms with Crippen LogP contribution in [-0.4, -0.2) is 0 Å². The summed E-state index contributed by atoms with van der Waals surface area (Å²) in [6.45, 7) is 19.7. The Morgan fingerprint density at radius 1 is 0.319 bits per heavy atom. The highest BCUT2D eigenvalue weighted by molar-refractivity contribution is 5.98. The molecular weight excluding hydrogens is 865 g/mol. The van der Waals surface area contributed by atoms with Gasteiger partial charge in [0.1, 0.15) is 0 Å². The third-order valence-electron chi connectivity index (χ3n) is 14.2. The molecule has 0 saturated carbocycles. The first kappa shape index (κ1) is 50.8. The first-order valence-corrected chi connectivity index (χ1v) is 26.4. The Balaban J connectivity index is 0.000000145. The predicted octanol–water partition coefficient (Wildman–Crippen LogP) is 20.7. The van der Waals surface area contributed by atoms with Crippen LogP contribution in [0.15, 0.2) is 224 Å². The fourth-order valence-electron chi connectivity index (χ4n) is 10.5. The monoisotopic (exact) mass is 937 g/mol. The van der Waals surface area contributed by atoms with Gasteiger partial charge in [-0.05, 0) is 145 Å². The zero-order valence-electron chi connectivity index (χ0n) is 44.2. The summed E-state index contributed by atoms with van der Waals surface area (Å²) in [5, 5.41) is 2.75. The number of fused-ring (bicyclic) bond motifs is 4. The Morgan fingerprint density at radius 3 is 1.43 bits per heavy atom.